The molecule has 0 aliphatic carbocycles. The highest BCUT2D eigenvalue weighted by atomic mass is 35.5. The number of amides is 2. The number of carbonyl (C=O) groups excluding carboxylic acids is 2. The highest BCUT2D eigenvalue weighted by Crippen LogP contribution is 2.24. The molecule has 1 N–H and O–H groups in total. The maximum absolute atomic E-state index is 12.4. The van der Waals surface area contributed by atoms with Crippen molar-refractivity contribution in [3.8, 4) is 5.69 Å². The van der Waals surface area contributed by atoms with E-state index < -0.39 is 0 Å². The van der Waals surface area contributed by atoms with E-state index in [4.69, 9.17) is 23.8 Å². The maximum atomic E-state index is 12.4. The molecular weight excluding hydrogens is 460 g/mol. The number of carbonyl (C=O) groups is 2. The van der Waals surface area contributed by atoms with Crippen molar-refractivity contribution in [2.45, 2.75) is 11.3 Å². The second-order valence-electron chi connectivity index (χ2n) is 6.47. The molecular formula is C20H19ClN4O2S3. The Morgan fingerprint density at radius 2 is 1.87 bits per heavy atom. The Morgan fingerprint density at radius 3 is 2.53 bits per heavy atom. The van der Waals surface area contributed by atoms with E-state index in [0.717, 1.165) is 11.3 Å². The van der Waals surface area contributed by atoms with Crippen molar-refractivity contribution in [3.63, 3.8) is 0 Å². The molecule has 0 saturated carbocycles. The SMILES string of the molecule is Cc1ccc(NC(=O)CN(C)C(=O)CSc2nn(-c3ccc(Cl)cc3)c(=S)s2)cc1. The zero-order valence-corrected chi connectivity index (χ0v) is 19.5. The van der Waals surface area contributed by atoms with Crippen molar-refractivity contribution >= 4 is 64.4 Å². The van der Waals surface area contributed by atoms with E-state index in [2.05, 4.69) is 10.4 Å². The van der Waals surface area contributed by atoms with Gasteiger partial charge in [-0.1, -0.05) is 52.4 Å². The van der Waals surface area contributed by atoms with Gasteiger partial charge in [0.15, 0.2) is 8.29 Å². The second-order valence-corrected chi connectivity index (χ2v) is 9.76. The van der Waals surface area contributed by atoms with Gasteiger partial charge in [-0.2, -0.15) is 0 Å². The summed E-state index contributed by atoms with van der Waals surface area (Å²) in [4.78, 5) is 26.0. The van der Waals surface area contributed by atoms with Crippen molar-refractivity contribution < 1.29 is 9.59 Å². The summed E-state index contributed by atoms with van der Waals surface area (Å²) < 4.78 is 2.90. The number of likely N-dealkylation sites (N-methyl/N-ethyl adjacent to an activating group) is 1. The van der Waals surface area contributed by atoms with Gasteiger partial charge in [-0.05, 0) is 55.5 Å². The Labute approximate surface area is 192 Å². The number of aryl methyl sites for hydroxylation is 1. The summed E-state index contributed by atoms with van der Waals surface area (Å²) in [6.45, 7) is 1.95. The van der Waals surface area contributed by atoms with Gasteiger partial charge in [0.1, 0.15) is 0 Å². The van der Waals surface area contributed by atoms with Crippen molar-refractivity contribution in [2.75, 3.05) is 24.7 Å². The molecule has 10 heteroatoms. The first-order valence-electron chi connectivity index (χ1n) is 8.91. The molecule has 2 aromatic carbocycles. The number of hydrogen-bond donors (Lipinski definition) is 1. The normalized spacial score (nSPS) is 10.6. The summed E-state index contributed by atoms with van der Waals surface area (Å²) in [5.74, 6) is -0.252. The number of anilines is 1. The van der Waals surface area contributed by atoms with Crippen LogP contribution in [0, 0.1) is 10.9 Å². The number of hydrogen-bond acceptors (Lipinski definition) is 6. The fourth-order valence-corrected chi connectivity index (χ4v) is 4.87. The van der Waals surface area contributed by atoms with E-state index in [1.165, 1.54) is 28.0 Å². The number of aromatic nitrogens is 2. The molecule has 3 rings (SSSR count). The molecule has 30 heavy (non-hydrogen) atoms. The van der Waals surface area contributed by atoms with Gasteiger partial charge in [-0.15, -0.1) is 5.10 Å². The molecule has 0 aliphatic rings. The average molecular weight is 479 g/mol. The third-order valence-electron chi connectivity index (χ3n) is 4.06. The molecule has 0 spiro atoms. The van der Waals surface area contributed by atoms with Crippen LogP contribution >= 0.6 is 46.9 Å². The molecule has 0 aliphatic heterocycles. The smallest absolute Gasteiger partial charge is 0.243 e. The van der Waals surface area contributed by atoms with E-state index in [-0.39, 0.29) is 24.1 Å². The topological polar surface area (TPSA) is 67.2 Å². The van der Waals surface area contributed by atoms with Crippen molar-refractivity contribution in [1.82, 2.24) is 14.7 Å². The highest BCUT2D eigenvalue weighted by Gasteiger charge is 2.15. The van der Waals surface area contributed by atoms with Crippen molar-refractivity contribution in [1.29, 1.82) is 0 Å². The van der Waals surface area contributed by atoms with Crippen molar-refractivity contribution in [3.05, 3.63) is 63.1 Å². The van der Waals surface area contributed by atoms with Gasteiger partial charge < -0.3 is 10.2 Å². The summed E-state index contributed by atoms with van der Waals surface area (Å²) in [7, 11) is 1.60. The van der Waals surface area contributed by atoms with Gasteiger partial charge in [0, 0.05) is 17.8 Å². The number of nitrogens with one attached hydrogen (secondary N) is 1. The summed E-state index contributed by atoms with van der Waals surface area (Å²) in [5, 5.41) is 7.89. The Kier molecular flexibility index (Phi) is 7.65. The minimum Gasteiger partial charge on any atom is -0.336 e. The Morgan fingerprint density at radius 1 is 1.20 bits per heavy atom. The third-order valence-corrected chi connectivity index (χ3v) is 6.66. The van der Waals surface area contributed by atoms with Crippen LogP contribution in [0.4, 0.5) is 5.69 Å². The van der Waals surface area contributed by atoms with Gasteiger partial charge in [0.2, 0.25) is 11.8 Å². The summed E-state index contributed by atoms with van der Waals surface area (Å²) >= 11 is 13.9. The molecule has 0 unspecified atom stereocenters. The lowest BCUT2D eigenvalue weighted by Gasteiger charge is -2.16. The summed E-state index contributed by atoms with van der Waals surface area (Å²) in [6, 6.07) is 14.7. The quantitative estimate of drug-likeness (QED) is 0.389. The van der Waals surface area contributed by atoms with Gasteiger partial charge in [-0.3, -0.25) is 9.59 Å². The van der Waals surface area contributed by atoms with Gasteiger partial charge >= 0.3 is 0 Å². The zero-order chi connectivity index (χ0) is 21.7. The largest absolute Gasteiger partial charge is 0.336 e. The standard InChI is InChI=1S/C20H19ClN4O2S3/c1-13-3-7-15(8-4-13)22-17(26)11-24(2)18(27)12-29-19-23-25(20(28)30-19)16-9-5-14(21)6-10-16/h3-10H,11-12H2,1-2H3,(H,22,26). The van der Waals surface area contributed by atoms with Crippen LogP contribution in [-0.4, -0.2) is 45.8 Å². The number of rotatable bonds is 7. The van der Waals surface area contributed by atoms with Gasteiger partial charge in [0.25, 0.3) is 0 Å². The Balaban J connectivity index is 1.53. The summed E-state index contributed by atoms with van der Waals surface area (Å²) in [6.07, 6.45) is 0. The molecule has 0 fully saturated rings. The summed E-state index contributed by atoms with van der Waals surface area (Å²) in [5.41, 5.74) is 2.62. The van der Waals surface area contributed by atoms with E-state index >= 15 is 0 Å². The van der Waals surface area contributed by atoms with Crippen LogP contribution in [0.25, 0.3) is 5.69 Å². The zero-order valence-electron chi connectivity index (χ0n) is 16.3. The predicted octanol–water partition coefficient (Wildman–Crippen LogP) is 4.81. The number of benzene rings is 2. The first kappa shape index (κ1) is 22.5. The van der Waals surface area contributed by atoms with E-state index in [0.29, 0.717) is 19.0 Å². The van der Waals surface area contributed by atoms with Crippen LogP contribution in [-0.2, 0) is 9.59 Å². The monoisotopic (exact) mass is 478 g/mol. The van der Waals surface area contributed by atoms with Crippen LogP contribution in [0.3, 0.4) is 0 Å². The van der Waals surface area contributed by atoms with E-state index in [1.54, 1.807) is 23.9 Å². The van der Waals surface area contributed by atoms with Crippen LogP contribution in [0.5, 0.6) is 0 Å². The first-order valence-corrected chi connectivity index (χ1v) is 11.5. The Hall–Kier alpha value is -2.20. The van der Waals surface area contributed by atoms with Crippen LogP contribution < -0.4 is 5.32 Å². The van der Waals surface area contributed by atoms with Crippen molar-refractivity contribution in [2.24, 2.45) is 0 Å². The number of thioether (sulfide) groups is 1. The highest BCUT2D eigenvalue weighted by molar-refractivity contribution is 8.01. The molecule has 6 nitrogen and oxygen atoms in total. The molecule has 0 saturated heterocycles. The van der Waals surface area contributed by atoms with Gasteiger partial charge in [-0.25, -0.2) is 4.68 Å². The fourth-order valence-electron chi connectivity index (χ4n) is 2.44. The fraction of sp³-hybridized carbons (Fsp3) is 0.200. The predicted molar refractivity (Wildman–Crippen MR) is 125 cm³/mol. The molecule has 0 bridgehead atoms. The number of halogens is 1. The molecule has 0 radical (unpaired) electrons. The van der Waals surface area contributed by atoms with Crippen LogP contribution in [0.15, 0.2) is 52.9 Å². The first-order chi connectivity index (χ1) is 14.3. The van der Waals surface area contributed by atoms with Gasteiger partial charge in [0.05, 0.1) is 18.0 Å². The lowest BCUT2D eigenvalue weighted by molar-refractivity contribution is -0.131. The molecule has 3 aromatic rings. The average Bonchev–Trinajstić information content (AvgIpc) is 3.09. The molecule has 156 valence electrons. The lowest BCUT2D eigenvalue weighted by atomic mass is 10.2. The maximum Gasteiger partial charge on any atom is 0.243 e. The Bertz CT molecular complexity index is 1090. The number of nitrogens with zero attached hydrogens (tertiary/aromatic N) is 3. The molecule has 1 heterocycles. The van der Waals surface area contributed by atoms with E-state index in [9.17, 15) is 9.59 Å². The second kappa shape index (κ2) is 10.2. The lowest BCUT2D eigenvalue weighted by Crippen LogP contribution is -2.35. The molecule has 2 amide bonds. The third kappa shape index (κ3) is 6.15. The van der Waals surface area contributed by atoms with Crippen LogP contribution in [0.2, 0.25) is 5.02 Å². The molecule has 0 atom stereocenters. The van der Waals surface area contributed by atoms with E-state index in [1.807, 2.05) is 43.3 Å². The minimum absolute atomic E-state index is 0.0256. The minimum atomic E-state index is -0.248. The molecule has 1 aromatic heterocycles. The van der Waals surface area contributed by atoms with Crippen LogP contribution in [0.1, 0.15) is 5.56 Å².